The van der Waals surface area contributed by atoms with E-state index in [4.69, 9.17) is 4.12 Å². The highest BCUT2D eigenvalue weighted by molar-refractivity contribution is 6.76. The summed E-state index contributed by atoms with van der Waals surface area (Å²) in [5.41, 5.74) is 3.46. The first-order chi connectivity index (χ1) is 9.66. The molecule has 2 aromatic carbocycles. The normalized spacial score (nSPS) is 11.9. The molecule has 106 valence electrons. The Kier molecular flexibility index (Phi) is 5.34. The summed E-state index contributed by atoms with van der Waals surface area (Å²) < 4.78 is 6.29. The van der Waals surface area contributed by atoms with Gasteiger partial charge in [0.25, 0.3) is 0 Å². The van der Waals surface area contributed by atoms with Gasteiger partial charge in [-0.15, -0.1) is 0 Å². The van der Waals surface area contributed by atoms with Gasteiger partial charge in [-0.1, -0.05) is 74.5 Å². The summed E-state index contributed by atoms with van der Waals surface area (Å²) in [7, 11) is -0.940. The zero-order valence-electron chi connectivity index (χ0n) is 12.7. The lowest BCUT2D eigenvalue weighted by Crippen LogP contribution is -2.46. The van der Waals surface area contributed by atoms with Crippen molar-refractivity contribution >= 4 is 18.8 Å². The molecule has 0 heterocycles. The van der Waals surface area contributed by atoms with Crippen molar-refractivity contribution in [2.75, 3.05) is 0 Å². The lowest BCUT2D eigenvalue weighted by atomic mass is 10.2. The first kappa shape index (κ1) is 15.2. The molecule has 0 bridgehead atoms. The van der Waals surface area contributed by atoms with Gasteiger partial charge in [0, 0.05) is 0 Å². The van der Waals surface area contributed by atoms with E-state index >= 15 is 0 Å². The maximum absolute atomic E-state index is 6.29. The van der Waals surface area contributed by atoms with Gasteiger partial charge >= 0.3 is 0 Å². The van der Waals surface area contributed by atoms with Crippen LogP contribution in [0.15, 0.2) is 60.7 Å². The van der Waals surface area contributed by atoms with Gasteiger partial charge in [0.15, 0.2) is 8.32 Å². The van der Waals surface area contributed by atoms with Crippen molar-refractivity contribution in [2.45, 2.75) is 31.5 Å². The average Bonchev–Trinajstić information content (AvgIpc) is 2.48. The molecule has 0 aliphatic carbocycles. The van der Waals surface area contributed by atoms with Crippen LogP contribution in [-0.4, -0.2) is 18.8 Å². The average molecular weight is 301 g/mol. The molecule has 2 rings (SSSR count). The molecule has 2 aromatic rings. The largest absolute Gasteiger partial charge is 0.463 e. The highest BCUT2D eigenvalue weighted by Crippen LogP contribution is 2.29. The van der Waals surface area contributed by atoms with Crippen LogP contribution in [0.5, 0.6) is 0 Å². The highest BCUT2D eigenvalue weighted by Gasteiger charge is 2.37. The van der Waals surface area contributed by atoms with Crippen LogP contribution < -0.4 is 0 Å². The molecule has 0 unspecified atom stereocenters. The Labute approximate surface area is 126 Å². The van der Waals surface area contributed by atoms with E-state index in [1.54, 1.807) is 0 Å². The number of benzene rings is 2. The molecule has 0 saturated carbocycles. The van der Waals surface area contributed by atoms with Crippen molar-refractivity contribution in [1.82, 2.24) is 0 Å². The fourth-order valence-electron chi connectivity index (χ4n) is 2.73. The maximum Gasteiger partial charge on any atom is 0.190 e. The van der Waals surface area contributed by atoms with Gasteiger partial charge in [-0.25, -0.2) is 0 Å². The summed E-state index contributed by atoms with van der Waals surface area (Å²) >= 11 is 0. The van der Waals surface area contributed by atoms with Crippen LogP contribution in [0.1, 0.15) is 25.0 Å². The number of rotatable bonds is 6. The van der Waals surface area contributed by atoms with Gasteiger partial charge in [-0.05, 0) is 28.8 Å². The molecule has 0 atom stereocenters. The van der Waals surface area contributed by atoms with Gasteiger partial charge in [0.05, 0.1) is 0 Å². The smallest absolute Gasteiger partial charge is 0.190 e. The molecule has 0 amide bonds. The van der Waals surface area contributed by atoms with E-state index in [1.807, 2.05) is 0 Å². The Hall–Kier alpha value is -1.17. The van der Waals surface area contributed by atoms with E-state index in [-0.39, 0.29) is 0 Å². The summed E-state index contributed by atoms with van der Waals surface area (Å²) in [4.78, 5) is 0. The van der Waals surface area contributed by atoms with Crippen LogP contribution in [0.4, 0.5) is 0 Å². The van der Waals surface area contributed by atoms with Crippen molar-refractivity contribution in [3.8, 4) is 0 Å². The Morgan fingerprint density at radius 2 is 1.25 bits per heavy atom. The summed E-state index contributed by atoms with van der Waals surface area (Å²) in [5.74, 6) is 0. The third-order valence-corrected chi connectivity index (χ3v) is 11.5. The number of hydrogen-bond donors (Lipinski definition) is 0. The third kappa shape index (κ3) is 3.69. The van der Waals surface area contributed by atoms with Crippen molar-refractivity contribution < 1.29 is 4.12 Å². The zero-order chi connectivity index (χ0) is 14.4. The fraction of sp³-hybridized carbons (Fsp3) is 0.294. The minimum Gasteiger partial charge on any atom is -0.463 e. The standard InChI is InChI=1S/C17H24OSi2/c1-15(2)20(18-19,13-16-9-5-3-6-10-16)14-17-11-7-4-8-12-17/h3-12,15H,13-14H2,1-2,19H3. The van der Waals surface area contributed by atoms with E-state index in [0.717, 1.165) is 22.6 Å². The van der Waals surface area contributed by atoms with E-state index in [9.17, 15) is 0 Å². The summed E-state index contributed by atoms with van der Waals surface area (Å²) in [6.07, 6.45) is 0. The Bertz CT molecular complexity index is 470. The topological polar surface area (TPSA) is 9.23 Å². The monoisotopic (exact) mass is 300 g/mol. The summed E-state index contributed by atoms with van der Waals surface area (Å²) in [5, 5.41) is 0. The Balaban J connectivity index is 2.26. The molecule has 0 saturated heterocycles. The number of hydrogen-bond acceptors (Lipinski definition) is 1. The second-order valence-corrected chi connectivity index (χ2v) is 11.4. The van der Waals surface area contributed by atoms with Crippen LogP contribution in [0, 0.1) is 0 Å². The molecular weight excluding hydrogens is 276 g/mol. The van der Waals surface area contributed by atoms with E-state index in [0.29, 0.717) is 5.54 Å². The van der Waals surface area contributed by atoms with Crippen LogP contribution in [0.3, 0.4) is 0 Å². The van der Waals surface area contributed by atoms with Gasteiger partial charge < -0.3 is 4.12 Å². The predicted octanol–water partition coefficient (Wildman–Crippen LogP) is 3.20. The molecule has 0 aliphatic rings. The van der Waals surface area contributed by atoms with Gasteiger partial charge in [-0.2, -0.15) is 0 Å². The van der Waals surface area contributed by atoms with Gasteiger partial charge in [0.1, 0.15) is 10.5 Å². The van der Waals surface area contributed by atoms with E-state index < -0.39 is 8.32 Å². The molecule has 0 N–H and O–H groups in total. The Morgan fingerprint density at radius 3 is 1.55 bits per heavy atom. The van der Waals surface area contributed by atoms with Crippen molar-refractivity contribution in [3.05, 3.63) is 71.8 Å². The quantitative estimate of drug-likeness (QED) is 0.745. The maximum atomic E-state index is 6.29. The van der Waals surface area contributed by atoms with Crippen molar-refractivity contribution in [1.29, 1.82) is 0 Å². The molecule has 0 fully saturated rings. The second-order valence-electron chi connectivity index (χ2n) is 5.75. The highest BCUT2D eigenvalue weighted by atomic mass is 28.4. The second kappa shape index (κ2) is 7.02. The van der Waals surface area contributed by atoms with Gasteiger partial charge in [0.2, 0.25) is 0 Å². The van der Waals surface area contributed by atoms with Crippen LogP contribution in [0.25, 0.3) is 0 Å². The molecular formula is C17H24OSi2. The first-order valence-electron chi connectivity index (χ1n) is 7.29. The van der Waals surface area contributed by atoms with Crippen LogP contribution >= 0.6 is 0 Å². The van der Waals surface area contributed by atoms with Crippen molar-refractivity contribution in [3.63, 3.8) is 0 Å². The molecule has 1 nitrogen and oxygen atoms in total. The van der Waals surface area contributed by atoms with Gasteiger partial charge in [-0.3, -0.25) is 0 Å². The molecule has 0 aliphatic heterocycles. The molecule has 20 heavy (non-hydrogen) atoms. The molecule has 0 spiro atoms. The SMILES string of the molecule is CC(C)[Si](Cc1ccccc1)(Cc1ccccc1)O[SiH3]. The molecule has 0 radical (unpaired) electrons. The lowest BCUT2D eigenvalue weighted by molar-refractivity contribution is 0.558. The summed E-state index contributed by atoms with van der Waals surface area (Å²) in [6, 6.07) is 23.8. The predicted molar refractivity (Wildman–Crippen MR) is 92.2 cm³/mol. The minimum absolute atomic E-state index is 0.625. The Morgan fingerprint density at radius 1 is 0.850 bits per heavy atom. The van der Waals surface area contributed by atoms with E-state index in [2.05, 4.69) is 74.5 Å². The molecule has 3 heteroatoms. The van der Waals surface area contributed by atoms with Crippen molar-refractivity contribution in [2.24, 2.45) is 0 Å². The third-order valence-electron chi connectivity index (χ3n) is 4.15. The van der Waals surface area contributed by atoms with Crippen LogP contribution in [-0.2, 0) is 16.2 Å². The zero-order valence-corrected chi connectivity index (χ0v) is 15.7. The molecule has 0 aromatic heterocycles. The lowest BCUT2D eigenvalue weighted by Gasteiger charge is -2.35. The van der Waals surface area contributed by atoms with Crippen LogP contribution in [0.2, 0.25) is 5.54 Å². The summed E-state index contributed by atoms with van der Waals surface area (Å²) in [6.45, 7) is 4.66. The first-order valence-corrected chi connectivity index (χ1v) is 10.5. The fourth-order valence-corrected chi connectivity index (χ4v) is 8.57. The minimum atomic E-state index is -1.77. The van der Waals surface area contributed by atoms with E-state index in [1.165, 1.54) is 11.1 Å².